The quantitative estimate of drug-likeness (QED) is 0.471. The molecular weight excluding hydrogens is 462 g/mol. The Kier molecular flexibility index (Phi) is 7.21. The van der Waals surface area contributed by atoms with Gasteiger partial charge in [-0.05, 0) is 53.6 Å². The Hall–Kier alpha value is -2.70. The molecule has 0 spiro atoms. The van der Waals surface area contributed by atoms with Crippen LogP contribution in [-0.4, -0.2) is 53.5 Å². The summed E-state index contributed by atoms with van der Waals surface area (Å²) in [7, 11) is 0. The van der Waals surface area contributed by atoms with Gasteiger partial charge in [0.25, 0.3) is 0 Å². The molecule has 186 valence electrons. The topological polar surface area (TPSA) is 57.8 Å². The van der Waals surface area contributed by atoms with Crippen molar-refractivity contribution < 1.29 is 14.3 Å². The molecule has 0 bridgehead atoms. The molecule has 1 saturated heterocycles. The number of nitrogens with one attached hydrogen (secondary N) is 1. The summed E-state index contributed by atoms with van der Waals surface area (Å²) < 4.78 is 11.6. The summed E-state index contributed by atoms with van der Waals surface area (Å²) in [6.07, 6.45) is 3.70. The summed E-state index contributed by atoms with van der Waals surface area (Å²) >= 11 is 6.53. The van der Waals surface area contributed by atoms with Crippen molar-refractivity contribution in [2.45, 2.75) is 39.8 Å². The molecule has 2 aliphatic heterocycles. The predicted octanol–water partition coefficient (Wildman–Crippen LogP) is 5.49. The van der Waals surface area contributed by atoms with Crippen LogP contribution < -0.4 is 9.47 Å². The lowest BCUT2D eigenvalue weighted by atomic mass is 10.0. The number of halogens is 1. The van der Waals surface area contributed by atoms with E-state index in [1.807, 2.05) is 23.2 Å². The summed E-state index contributed by atoms with van der Waals surface area (Å²) in [5.41, 5.74) is 3.44. The van der Waals surface area contributed by atoms with E-state index in [0.717, 1.165) is 38.0 Å². The van der Waals surface area contributed by atoms with Crippen LogP contribution in [0.2, 0.25) is 5.02 Å². The first-order valence-electron chi connectivity index (χ1n) is 12.6. The minimum Gasteiger partial charge on any atom is -0.489 e. The number of carbonyl (C=O) groups excluding carboxylic acids is 1. The van der Waals surface area contributed by atoms with Gasteiger partial charge in [-0.2, -0.15) is 0 Å². The molecule has 5 rings (SSSR count). The van der Waals surface area contributed by atoms with Crippen LogP contribution in [0.5, 0.6) is 11.5 Å². The van der Waals surface area contributed by atoms with Crippen LogP contribution in [0.1, 0.15) is 37.8 Å². The van der Waals surface area contributed by atoms with Gasteiger partial charge in [0, 0.05) is 44.3 Å². The lowest BCUT2D eigenvalue weighted by molar-refractivity contribution is -0.136. The van der Waals surface area contributed by atoms with Crippen LogP contribution in [0, 0.1) is 11.8 Å². The molecule has 35 heavy (non-hydrogen) atoms. The Morgan fingerprint density at radius 1 is 1.23 bits per heavy atom. The number of hydrogen-bond donors (Lipinski definition) is 1. The second-order valence-corrected chi connectivity index (χ2v) is 10.6. The number of fused-ring (bicyclic) bond motifs is 2. The van der Waals surface area contributed by atoms with Crippen LogP contribution in [-0.2, 0) is 17.9 Å². The minimum absolute atomic E-state index is 0.00692. The second-order valence-electron chi connectivity index (χ2n) is 10.1. The number of para-hydroxylation sites is 1. The van der Waals surface area contributed by atoms with Gasteiger partial charge in [0.2, 0.25) is 5.91 Å². The van der Waals surface area contributed by atoms with E-state index in [-0.39, 0.29) is 11.8 Å². The Labute approximate surface area is 212 Å². The first kappa shape index (κ1) is 24.0. The molecule has 3 aromatic rings. The van der Waals surface area contributed by atoms with Crippen LogP contribution in [0.4, 0.5) is 0 Å². The first-order valence-corrected chi connectivity index (χ1v) is 13.0. The molecule has 1 fully saturated rings. The fourth-order valence-corrected chi connectivity index (χ4v) is 5.52. The summed E-state index contributed by atoms with van der Waals surface area (Å²) in [4.78, 5) is 21.4. The van der Waals surface area contributed by atoms with Crippen LogP contribution in [0.15, 0.2) is 42.6 Å². The molecular formula is C28H34ClN3O3. The number of aromatic amines is 1. The van der Waals surface area contributed by atoms with Gasteiger partial charge in [0.1, 0.15) is 0 Å². The molecule has 6 nitrogen and oxygen atoms in total. The zero-order chi connectivity index (χ0) is 24.4. The maximum absolute atomic E-state index is 13.7. The molecule has 0 unspecified atom stereocenters. The number of likely N-dealkylation sites (tertiary alicyclic amines) is 1. The van der Waals surface area contributed by atoms with E-state index < -0.39 is 0 Å². The highest BCUT2D eigenvalue weighted by atomic mass is 35.5. The fraction of sp³-hybridized carbons (Fsp3) is 0.464. The van der Waals surface area contributed by atoms with Crippen molar-refractivity contribution in [2.75, 3.05) is 32.8 Å². The molecule has 1 amide bonds. The lowest BCUT2D eigenvalue weighted by Crippen LogP contribution is -2.39. The van der Waals surface area contributed by atoms with E-state index in [9.17, 15) is 4.79 Å². The van der Waals surface area contributed by atoms with Crippen molar-refractivity contribution in [3.63, 3.8) is 0 Å². The van der Waals surface area contributed by atoms with Crippen molar-refractivity contribution in [1.82, 2.24) is 14.8 Å². The molecule has 3 heterocycles. The number of H-pyrrole nitrogens is 1. The number of aromatic nitrogens is 1. The SMILES string of the molecule is CC(C)CN(Cc1cc(Cl)c2c(c1)OCCCO2)C(=O)[C@@H]1CCN(Cc2cccc3cc[nH]c23)C1. The average Bonchev–Trinajstić information content (AvgIpc) is 3.43. The van der Waals surface area contributed by atoms with Gasteiger partial charge in [0.05, 0.1) is 24.2 Å². The molecule has 2 aromatic carbocycles. The first-order chi connectivity index (χ1) is 17.0. The van der Waals surface area contributed by atoms with E-state index in [4.69, 9.17) is 21.1 Å². The highest BCUT2D eigenvalue weighted by Gasteiger charge is 2.32. The zero-order valence-corrected chi connectivity index (χ0v) is 21.3. The summed E-state index contributed by atoms with van der Waals surface area (Å²) in [6, 6.07) is 12.4. The zero-order valence-electron chi connectivity index (χ0n) is 20.6. The second kappa shape index (κ2) is 10.5. The molecule has 1 N–H and O–H groups in total. The van der Waals surface area contributed by atoms with E-state index in [1.54, 1.807) is 0 Å². The van der Waals surface area contributed by atoms with Crippen LogP contribution >= 0.6 is 11.6 Å². The molecule has 7 heteroatoms. The number of amides is 1. The predicted molar refractivity (Wildman–Crippen MR) is 139 cm³/mol. The van der Waals surface area contributed by atoms with Gasteiger partial charge in [-0.15, -0.1) is 0 Å². The van der Waals surface area contributed by atoms with Gasteiger partial charge in [-0.25, -0.2) is 0 Å². The Balaban J connectivity index is 1.28. The highest BCUT2D eigenvalue weighted by molar-refractivity contribution is 6.32. The van der Waals surface area contributed by atoms with E-state index in [2.05, 4.69) is 48.0 Å². The summed E-state index contributed by atoms with van der Waals surface area (Å²) in [5, 5.41) is 1.77. The normalized spacial score (nSPS) is 18.2. The van der Waals surface area contributed by atoms with Gasteiger partial charge >= 0.3 is 0 Å². The van der Waals surface area contributed by atoms with E-state index >= 15 is 0 Å². The molecule has 0 radical (unpaired) electrons. The highest BCUT2D eigenvalue weighted by Crippen LogP contribution is 2.38. The Morgan fingerprint density at radius 2 is 2.09 bits per heavy atom. The Morgan fingerprint density at radius 3 is 2.94 bits per heavy atom. The van der Waals surface area contributed by atoms with Gasteiger partial charge in [-0.3, -0.25) is 9.69 Å². The smallest absolute Gasteiger partial charge is 0.227 e. The van der Waals surface area contributed by atoms with Crippen molar-refractivity contribution in [3.8, 4) is 11.5 Å². The van der Waals surface area contributed by atoms with Gasteiger partial charge in [0.15, 0.2) is 11.5 Å². The van der Waals surface area contributed by atoms with Crippen LogP contribution in [0.25, 0.3) is 10.9 Å². The molecule has 1 aromatic heterocycles. The van der Waals surface area contributed by atoms with Crippen molar-refractivity contribution in [2.24, 2.45) is 11.8 Å². The number of nitrogens with zero attached hydrogens (tertiary/aromatic N) is 2. The summed E-state index contributed by atoms with van der Waals surface area (Å²) in [6.45, 7) is 9.30. The monoisotopic (exact) mass is 495 g/mol. The average molecular weight is 496 g/mol. The van der Waals surface area contributed by atoms with Crippen molar-refractivity contribution >= 4 is 28.4 Å². The van der Waals surface area contributed by atoms with Gasteiger partial charge < -0.3 is 19.4 Å². The standard InChI is InChI=1S/C28H34ClN3O3/c1-19(2)15-32(16-20-13-24(29)27-25(14-20)34-11-4-12-35-27)28(33)23-8-10-31(18-23)17-22-6-3-5-21-7-9-30-26(21)22/h3,5-7,9,13-14,19,23,30H,4,8,10-12,15-18H2,1-2H3/t23-/m1/s1. The number of ether oxygens (including phenoxy) is 2. The van der Waals surface area contributed by atoms with Crippen molar-refractivity contribution in [3.05, 3.63) is 58.7 Å². The number of carbonyl (C=O) groups is 1. The maximum atomic E-state index is 13.7. The molecule has 2 aliphatic rings. The number of hydrogen-bond acceptors (Lipinski definition) is 4. The number of rotatable bonds is 7. The fourth-order valence-electron chi connectivity index (χ4n) is 5.23. The van der Waals surface area contributed by atoms with E-state index in [0.29, 0.717) is 48.7 Å². The third-order valence-electron chi connectivity index (χ3n) is 6.82. The number of benzene rings is 2. The van der Waals surface area contributed by atoms with Gasteiger partial charge in [-0.1, -0.05) is 43.6 Å². The third kappa shape index (κ3) is 5.44. The Bertz CT molecular complexity index is 1190. The molecule has 0 saturated carbocycles. The minimum atomic E-state index is 0.00692. The van der Waals surface area contributed by atoms with Crippen LogP contribution in [0.3, 0.4) is 0 Å². The molecule has 0 aliphatic carbocycles. The summed E-state index contributed by atoms with van der Waals surface area (Å²) in [5.74, 6) is 1.89. The third-order valence-corrected chi connectivity index (χ3v) is 7.10. The largest absolute Gasteiger partial charge is 0.489 e. The molecule has 1 atom stereocenters. The van der Waals surface area contributed by atoms with Crippen molar-refractivity contribution in [1.29, 1.82) is 0 Å². The van der Waals surface area contributed by atoms with E-state index in [1.165, 1.54) is 16.5 Å². The lowest BCUT2D eigenvalue weighted by Gasteiger charge is -2.28. The maximum Gasteiger partial charge on any atom is 0.227 e.